The fourth-order valence-electron chi connectivity index (χ4n) is 0.148. The molecule has 0 aromatic heterocycles. The molecule has 50 valence electrons. The first-order valence-corrected chi connectivity index (χ1v) is 1.98. The lowest BCUT2D eigenvalue weighted by Crippen LogP contribution is -1.90. The first-order valence-electron chi connectivity index (χ1n) is 1.98. The van der Waals surface area contributed by atoms with Gasteiger partial charge in [0.2, 0.25) is 0 Å². The summed E-state index contributed by atoms with van der Waals surface area (Å²) in [6, 6.07) is 0. The van der Waals surface area contributed by atoms with Gasteiger partial charge in [-0.25, -0.2) is 4.79 Å². The summed E-state index contributed by atoms with van der Waals surface area (Å²) < 4.78 is 4.28. The Morgan fingerprint density at radius 3 is 2.56 bits per heavy atom. The van der Waals surface area contributed by atoms with Crippen LogP contribution >= 0.6 is 12.4 Å². The Labute approximate surface area is 59.9 Å². The molecule has 0 unspecified atom stereocenters. The topological polar surface area (TPSA) is 26.3 Å². The fourth-order valence-corrected chi connectivity index (χ4v) is 0.148. The highest BCUT2D eigenvalue weighted by Crippen LogP contribution is 1.76. The SMILES string of the molecule is C=C=COC(=O)C=C.Cl. The van der Waals surface area contributed by atoms with E-state index in [2.05, 4.69) is 23.6 Å². The number of ether oxygens (including phenoxy) is 1. The molecule has 0 aliphatic rings. The van der Waals surface area contributed by atoms with Crippen LogP contribution in [0.3, 0.4) is 0 Å². The zero-order valence-corrected chi connectivity index (χ0v) is 5.61. The number of hydrogen-bond donors (Lipinski definition) is 0. The molecule has 2 nitrogen and oxygen atoms in total. The standard InChI is InChI=1S/C6H6O2.ClH/c1-3-5-8-6(7)4-2;/h4-5H,1-2H2;1H. The molecule has 0 rings (SSSR count). The van der Waals surface area contributed by atoms with Crippen LogP contribution in [-0.4, -0.2) is 5.97 Å². The van der Waals surface area contributed by atoms with E-state index in [1.807, 2.05) is 0 Å². The van der Waals surface area contributed by atoms with E-state index in [1.54, 1.807) is 0 Å². The Kier molecular flexibility index (Phi) is 8.51. The smallest absolute Gasteiger partial charge is 0.335 e. The molecule has 0 spiro atoms. The average molecular weight is 147 g/mol. The van der Waals surface area contributed by atoms with Crippen molar-refractivity contribution in [2.24, 2.45) is 0 Å². The molecule has 0 aliphatic heterocycles. The summed E-state index contributed by atoms with van der Waals surface area (Å²) in [6.45, 7) is 6.35. The van der Waals surface area contributed by atoms with Gasteiger partial charge in [0.15, 0.2) is 0 Å². The second-order valence-corrected chi connectivity index (χ2v) is 0.963. The minimum atomic E-state index is -0.499. The molecule has 0 saturated heterocycles. The lowest BCUT2D eigenvalue weighted by Gasteiger charge is -1.84. The fraction of sp³-hybridized carbons (Fsp3) is 0. The van der Waals surface area contributed by atoms with Crippen molar-refractivity contribution < 1.29 is 9.53 Å². The van der Waals surface area contributed by atoms with Gasteiger partial charge in [0.25, 0.3) is 0 Å². The van der Waals surface area contributed by atoms with Gasteiger partial charge in [0, 0.05) is 6.08 Å². The van der Waals surface area contributed by atoms with E-state index in [0.717, 1.165) is 12.3 Å². The van der Waals surface area contributed by atoms with E-state index < -0.39 is 5.97 Å². The monoisotopic (exact) mass is 146 g/mol. The van der Waals surface area contributed by atoms with E-state index in [1.165, 1.54) is 0 Å². The Morgan fingerprint density at radius 2 is 2.22 bits per heavy atom. The number of carbonyl (C=O) groups excluding carboxylic acids is 1. The van der Waals surface area contributed by atoms with Crippen molar-refractivity contribution in [3.8, 4) is 0 Å². The van der Waals surface area contributed by atoms with Crippen molar-refractivity contribution in [2.45, 2.75) is 0 Å². The third-order valence-corrected chi connectivity index (χ3v) is 0.425. The van der Waals surface area contributed by atoms with E-state index in [-0.39, 0.29) is 12.4 Å². The van der Waals surface area contributed by atoms with Gasteiger partial charge in [-0.1, -0.05) is 18.9 Å². The summed E-state index contributed by atoms with van der Waals surface area (Å²) in [4.78, 5) is 10.1. The second kappa shape index (κ2) is 7.02. The zero-order chi connectivity index (χ0) is 6.41. The molecule has 0 aromatic carbocycles. The van der Waals surface area contributed by atoms with Crippen molar-refractivity contribution in [1.82, 2.24) is 0 Å². The quantitative estimate of drug-likeness (QED) is 0.255. The van der Waals surface area contributed by atoms with Crippen LogP contribution in [0.25, 0.3) is 0 Å². The van der Waals surface area contributed by atoms with Crippen LogP contribution in [0.1, 0.15) is 0 Å². The van der Waals surface area contributed by atoms with Gasteiger partial charge < -0.3 is 4.74 Å². The van der Waals surface area contributed by atoms with Crippen LogP contribution in [0, 0.1) is 0 Å². The van der Waals surface area contributed by atoms with Crippen LogP contribution in [0.4, 0.5) is 0 Å². The van der Waals surface area contributed by atoms with Gasteiger partial charge in [0.1, 0.15) is 6.26 Å². The maximum absolute atomic E-state index is 10.1. The molecule has 0 saturated carbocycles. The largest absolute Gasteiger partial charge is 0.423 e. The number of rotatable bonds is 2. The molecule has 0 heterocycles. The van der Waals surface area contributed by atoms with Gasteiger partial charge in [-0.05, 0) is 0 Å². The van der Waals surface area contributed by atoms with Gasteiger partial charge >= 0.3 is 5.97 Å². The van der Waals surface area contributed by atoms with Crippen molar-refractivity contribution in [3.05, 3.63) is 31.2 Å². The maximum Gasteiger partial charge on any atom is 0.335 e. The van der Waals surface area contributed by atoms with E-state index in [9.17, 15) is 4.79 Å². The van der Waals surface area contributed by atoms with Crippen molar-refractivity contribution in [2.75, 3.05) is 0 Å². The Morgan fingerprint density at radius 1 is 1.67 bits per heavy atom. The molecule has 0 aliphatic carbocycles. The minimum absolute atomic E-state index is 0. The van der Waals surface area contributed by atoms with Crippen LogP contribution in [0.15, 0.2) is 31.2 Å². The maximum atomic E-state index is 10.1. The van der Waals surface area contributed by atoms with Crippen molar-refractivity contribution in [3.63, 3.8) is 0 Å². The minimum Gasteiger partial charge on any atom is -0.423 e. The normalized spacial score (nSPS) is 5.78. The summed E-state index contributed by atoms with van der Waals surface area (Å²) in [7, 11) is 0. The Bertz CT molecular complexity index is 145. The van der Waals surface area contributed by atoms with Crippen LogP contribution < -0.4 is 0 Å². The molecule has 0 fully saturated rings. The zero-order valence-electron chi connectivity index (χ0n) is 4.79. The summed E-state index contributed by atoms with van der Waals surface area (Å²) in [5.74, 6) is -0.499. The van der Waals surface area contributed by atoms with Crippen LogP contribution in [0.5, 0.6) is 0 Å². The van der Waals surface area contributed by atoms with Gasteiger partial charge in [0.05, 0.1) is 0 Å². The number of esters is 1. The molecule has 3 heteroatoms. The van der Waals surface area contributed by atoms with Gasteiger partial charge in [-0.15, -0.1) is 12.4 Å². The van der Waals surface area contributed by atoms with Crippen LogP contribution in [0.2, 0.25) is 0 Å². The first-order chi connectivity index (χ1) is 3.81. The molecular formula is C6H7ClO2. The third-order valence-electron chi connectivity index (χ3n) is 0.425. The van der Waals surface area contributed by atoms with E-state index >= 15 is 0 Å². The molecule has 0 N–H and O–H groups in total. The first kappa shape index (κ1) is 10.9. The molecular weight excluding hydrogens is 140 g/mol. The van der Waals surface area contributed by atoms with Crippen LogP contribution in [-0.2, 0) is 9.53 Å². The van der Waals surface area contributed by atoms with Crippen molar-refractivity contribution in [1.29, 1.82) is 0 Å². The lowest BCUT2D eigenvalue weighted by molar-refractivity contribution is -0.132. The molecule has 0 atom stereocenters. The highest BCUT2D eigenvalue weighted by Gasteiger charge is 1.85. The second-order valence-electron chi connectivity index (χ2n) is 0.963. The summed E-state index contributed by atoms with van der Waals surface area (Å²) in [5, 5.41) is 0. The predicted molar refractivity (Wildman–Crippen MR) is 37.2 cm³/mol. The average Bonchev–Trinajstić information content (AvgIpc) is 1.83. The Balaban J connectivity index is 0. The molecule has 9 heavy (non-hydrogen) atoms. The highest BCUT2D eigenvalue weighted by atomic mass is 35.5. The molecule has 0 amide bonds. The number of carbonyl (C=O) groups is 1. The lowest BCUT2D eigenvalue weighted by atomic mass is 10.7. The number of hydrogen-bond acceptors (Lipinski definition) is 2. The van der Waals surface area contributed by atoms with E-state index in [0.29, 0.717) is 0 Å². The van der Waals surface area contributed by atoms with Gasteiger partial charge in [-0.2, -0.15) is 0 Å². The summed E-state index contributed by atoms with van der Waals surface area (Å²) in [5.41, 5.74) is 2.27. The predicted octanol–water partition coefficient (Wildman–Crippen LogP) is 1.44. The number of halogens is 1. The van der Waals surface area contributed by atoms with E-state index in [4.69, 9.17) is 0 Å². The highest BCUT2D eigenvalue weighted by molar-refractivity contribution is 5.85. The summed E-state index contributed by atoms with van der Waals surface area (Å²) in [6.07, 6.45) is 2.14. The van der Waals surface area contributed by atoms with Crippen molar-refractivity contribution >= 4 is 18.4 Å². The Hall–Kier alpha value is -0.980. The molecule has 0 aromatic rings. The molecule has 0 radical (unpaired) electrons. The van der Waals surface area contributed by atoms with Gasteiger partial charge in [-0.3, -0.25) is 0 Å². The molecule has 0 bridgehead atoms. The third kappa shape index (κ3) is 7.02. The summed E-state index contributed by atoms with van der Waals surface area (Å²) >= 11 is 0.